The van der Waals surface area contributed by atoms with E-state index < -0.39 is 15.8 Å². The highest BCUT2D eigenvalue weighted by atomic mass is 32.2. The molecule has 0 bridgehead atoms. The van der Waals surface area contributed by atoms with Gasteiger partial charge in [0.1, 0.15) is 5.82 Å². The van der Waals surface area contributed by atoms with E-state index >= 15 is 0 Å². The molecule has 0 aliphatic carbocycles. The first-order valence-electron chi connectivity index (χ1n) is 9.94. The molecule has 158 valence electrons. The van der Waals surface area contributed by atoms with E-state index in [1.54, 1.807) is 11.3 Å². The number of nitrogens with zero attached hydrogens (tertiary/aromatic N) is 2. The number of benzene rings is 2. The minimum atomic E-state index is -3.64. The third kappa shape index (κ3) is 4.71. The first-order chi connectivity index (χ1) is 14.4. The second-order valence-corrected chi connectivity index (χ2v) is 10.6. The Balaban J connectivity index is 1.31. The number of aryl methyl sites for hydroxylation is 1. The molecule has 0 unspecified atom stereocenters. The minimum absolute atomic E-state index is 0.0190. The van der Waals surface area contributed by atoms with Crippen LogP contribution >= 0.6 is 11.3 Å². The number of anilines is 1. The number of sulfonamides is 1. The highest BCUT2D eigenvalue weighted by Crippen LogP contribution is 2.30. The number of hydrogen-bond donors (Lipinski definition) is 1. The van der Waals surface area contributed by atoms with E-state index in [2.05, 4.69) is 35.4 Å². The molecule has 0 spiro atoms. The molecule has 1 aromatic heterocycles. The average molecular weight is 446 g/mol. The summed E-state index contributed by atoms with van der Waals surface area (Å²) < 4.78 is 40.3. The monoisotopic (exact) mass is 445 g/mol. The number of halogens is 1. The summed E-state index contributed by atoms with van der Waals surface area (Å²) >= 11 is 1.62. The lowest BCUT2D eigenvalue weighted by atomic mass is 9.98. The molecule has 0 saturated carbocycles. The van der Waals surface area contributed by atoms with Gasteiger partial charge in [-0.15, -0.1) is 0 Å². The smallest absolute Gasteiger partial charge is 0.243 e. The second-order valence-electron chi connectivity index (χ2n) is 7.58. The van der Waals surface area contributed by atoms with Crippen LogP contribution in [0.4, 0.5) is 9.52 Å². The number of thiazole rings is 1. The molecule has 1 aliphatic heterocycles. The van der Waals surface area contributed by atoms with Gasteiger partial charge in [-0.05, 0) is 49.4 Å². The van der Waals surface area contributed by atoms with Gasteiger partial charge in [-0.2, -0.15) is 4.31 Å². The number of nitrogens with one attached hydrogen (secondary N) is 1. The van der Waals surface area contributed by atoms with Crippen molar-refractivity contribution in [3.8, 4) is 10.4 Å². The molecular weight excluding hydrogens is 421 g/mol. The quantitative estimate of drug-likeness (QED) is 0.594. The molecule has 1 N–H and O–H groups in total. The number of hydrogen-bond acceptors (Lipinski definition) is 5. The molecule has 0 radical (unpaired) electrons. The van der Waals surface area contributed by atoms with Crippen LogP contribution in [0.3, 0.4) is 0 Å². The largest absolute Gasteiger partial charge is 0.361 e. The topological polar surface area (TPSA) is 62.3 Å². The standard InChI is InChI=1S/C22H24FN3O2S2/c1-16-4-2-5-18(12-16)21-15-25-22(29-21)24-14-17-8-10-26(11-9-17)30(27,28)20-7-3-6-19(23)13-20/h2-7,12-13,15,17H,8-11,14H2,1H3,(H,24,25). The average Bonchev–Trinajstić information content (AvgIpc) is 3.22. The van der Waals surface area contributed by atoms with Crippen LogP contribution in [-0.4, -0.2) is 37.3 Å². The molecule has 4 rings (SSSR count). The fourth-order valence-corrected chi connectivity index (χ4v) is 5.97. The van der Waals surface area contributed by atoms with E-state index in [-0.39, 0.29) is 4.90 Å². The lowest BCUT2D eigenvalue weighted by Gasteiger charge is -2.31. The molecule has 1 saturated heterocycles. The van der Waals surface area contributed by atoms with E-state index in [1.165, 1.54) is 28.1 Å². The van der Waals surface area contributed by atoms with Gasteiger partial charge < -0.3 is 5.32 Å². The zero-order chi connectivity index (χ0) is 21.1. The van der Waals surface area contributed by atoms with E-state index in [1.807, 2.05) is 12.3 Å². The van der Waals surface area contributed by atoms with Crippen LogP contribution in [0.1, 0.15) is 18.4 Å². The number of piperidine rings is 1. The number of rotatable bonds is 6. The Bertz CT molecular complexity index is 1120. The minimum Gasteiger partial charge on any atom is -0.361 e. The van der Waals surface area contributed by atoms with Crippen LogP contribution in [0, 0.1) is 18.7 Å². The molecule has 8 heteroatoms. The summed E-state index contributed by atoms with van der Waals surface area (Å²) in [6.45, 7) is 3.72. The molecule has 5 nitrogen and oxygen atoms in total. The van der Waals surface area contributed by atoms with Crippen molar-refractivity contribution in [3.63, 3.8) is 0 Å². The van der Waals surface area contributed by atoms with Crippen LogP contribution in [0.5, 0.6) is 0 Å². The van der Waals surface area contributed by atoms with Crippen LogP contribution in [0.25, 0.3) is 10.4 Å². The highest BCUT2D eigenvalue weighted by molar-refractivity contribution is 7.89. The van der Waals surface area contributed by atoms with Gasteiger partial charge in [0, 0.05) is 25.8 Å². The molecule has 0 amide bonds. The Morgan fingerprint density at radius 1 is 1.17 bits per heavy atom. The summed E-state index contributed by atoms with van der Waals surface area (Å²) in [5.74, 6) is -0.168. The SMILES string of the molecule is Cc1cccc(-c2cnc(NCC3CCN(S(=O)(=O)c4cccc(F)c4)CC3)s2)c1. The zero-order valence-corrected chi connectivity index (χ0v) is 18.3. The molecule has 3 aromatic rings. The predicted octanol–water partition coefficient (Wildman–Crippen LogP) is 4.77. The van der Waals surface area contributed by atoms with Gasteiger partial charge in [-0.3, -0.25) is 0 Å². The summed E-state index contributed by atoms with van der Waals surface area (Å²) in [6.07, 6.45) is 3.41. The summed E-state index contributed by atoms with van der Waals surface area (Å²) in [7, 11) is -3.64. The van der Waals surface area contributed by atoms with Crippen molar-refractivity contribution in [1.82, 2.24) is 9.29 Å². The molecule has 30 heavy (non-hydrogen) atoms. The Morgan fingerprint density at radius 3 is 2.67 bits per heavy atom. The Morgan fingerprint density at radius 2 is 1.93 bits per heavy atom. The van der Waals surface area contributed by atoms with Crippen molar-refractivity contribution < 1.29 is 12.8 Å². The molecule has 2 heterocycles. The second kappa shape index (κ2) is 8.83. The lowest BCUT2D eigenvalue weighted by Crippen LogP contribution is -2.39. The molecule has 1 aliphatic rings. The fourth-order valence-electron chi connectivity index (χ4n) is 3.65. The van der Waals surface area contributed by atoms with Gasteiger partial charge in [-0.1, -0.05) is 47.2 Å². The van der Waals surface area contributed by atoms with Crippen molar-refractivity contribution in [2.24, 2.45) is 5.92 Å². The van der Waals surface area contributed by atoms with E-state index in [0.29, 0.717) is 19.0 Å². The van der Waals surface area contributed by atoms with Gasteiger partial charge in [0.15, 0.2) is 5.13 Å². The predicted molar refractivity (Wildman–Crippen MR) is 119 cm³/mol. The van der Waals surface area contributed by atoms with Crippen molar-refractivity contribution in [2.75, 3.05) is 25.0 Å². The maximum Gasteiger partial charge on any atom is 0.243 e. The highest BCUT2D eigenvalue weighted by Gasteiger charge is 2.29. The Labute approximate surface area is 180 Å². The van der Waals surface area contributed by atoms with E-state index in [9.17, 15) is 12.8 Å². The lowest BCUT2D eigenvalue weighted by molar-refractivity contribution is 0.282. The number of aromatic nitrogens is 1. The summed E-state index contributed by atoms with van der Waals surface area (Å²) in [5, 5.41) is 4.28. The van der Waals surface area contributed by atoms with Gasteiger partial charge in [0.2, 0.25) is 10.0 Å². The van der Waals surface area contributed by atoms with Gasteiger partial charge in [0.05, 0.1) is 9.77 Å². The van der Waals surface area contributed by atoms with Crippen LogP contribution in [0.2, 0.25) is 0 Å². The third-order valence-electron chi connectivity index (χ3n) is 5.36. The van der Waals surface area contributed by atoms with Crippen LogP contribution in [-0.2, 0) is 10.0 Å². The Kier molecular flexibility index (Phi) is 6.17. The van der Waals surface area contributed by atoms with Crippen molar-refractivity contribution in [1.29, 1.82) is 0 Å². The first-order valence-corrected chi connectivity index (χ1v) is 12.2. The van der Waals surface area contributed by atoms with E-state index in [0.717, 1.165) is 41.0 Å². The van der Waals surface area contributed by atoms with Crippen LogP contribution in [0.15, 0.2) is 59.6 Å². The maximum absolute atomic E-state index is 13.4. The summed E-state index contributed by atoms with van der Waals surface area (Å²) in [5.41, 5.74) is 2.38. The maximum atomic E-state index is 13.4. The van der Waals surface area contributed by atoms with E-state index in [4.69, 9.17) is 0 Å². The molecule has 1 fully saturated rings. The molecule has 2 aromatic carbocycles. The zero-order valence-electron chi connectivity index (χ0n) is 16.7. The third-order valence-corrected chi connectivity index (χ3v) is 8.26. The van der Waals surface area contributed by atoms with Gasteiger partial charge in [0.25, 0.3) is 0 Å². The molecular formula is C22H24FN3O2S2. The van der Waals surface area contributed by atoms with Crippen LogP contribution < -0.4 is 5.32 Å². The van der Waals surface area contributed by atoms with Gasteiger partial charge >= 0.3 is 0 Å². The van der Waals surface area contributed by atoms with Gasteiger partial charge in [-0.25, -0.2) is 17.8 Å². The summed E-state index contributed by atoms with van der Waals surface area (Å²) in [4.78, 5) is 5.62. The Hall–Kier alpha value is -2.29. The van der Waals surface area contributed by atoms with Crippen molar-refractivity contribution >= 4 is 26.5 Å². The normalized spacial score (nSPS) is 15.9. The van der Waals surface area contributed by atoms with Crippen molar-refractivity contribution in [2.45, 2.75) is 24.7 Å². The fraction of sp³-hybridized carbons (Fsp3) is 0.318. The first kappa shape index (κ1) is 21.0. The molecule has 0 atom stereocenters. The summed E-state index contributed by atoms with van der Waals surface area (Å²) in [6, 6.07) is 13.5. The van der Waals surface area contributed by atoms with Crippen molar-refractivity contribution in [3.05, 3.63) is 66.1 Å².